The molecule has 0 spiro atoms. The largest absolute Gasteiger partial charge is 0.352 e. The van der Waals surface area contributed by atoms with Gasteiger partial charge in [-0.05, 0) is 36.6 Å². The third-order valence-corrected chi connectivity index (χ3v) is 4.59. The average molecular weight is 391 g/mol. The molecule has 2 heterocycles. The molecule has 7 heteroatoms. The number of imidazole rings is 1. The average Bonchev–Trinajstić information content (AvgIpc) is 3.14. The zero-order chi connectivity index (χ0) is 20.6. The van der Waals surface area contributed by atoms with Gasteiger partial charge in [-0.25, -0.2) is 4.98 Å². The van der Waals surface area contributed by atoms with Crippen LogP contribution in [-0.2, 0) is 17.9 Å². The number of aryl methyl sites for hydroxylation is 2. The van der Waals surface area contributed by atoms with E-state index >= 15 is 0 Å². The second kappa shape index (κ2) is 9.64. The second-order valence-corrected chi connectivity index (χ2v) is 6.79. The second-order valence-electron chi connectivity index (χ2n) is 6.79. The van der Waals surface area contributed by atoms with Crippen molar-refractivity contribution in [2.24, 2.45) is 0 Å². The Labute approximate surface area is 170 Å². The first kappa shape index (κ1) is 20.3. The van der Waals surface area contributed by atoms with E-state index in [1.54, 1.807) is 12.4 Å². The van der Waals surface area contributed by atoms with Gasteiger partial charge in [0.15, 0.2) is 0 Å². The number of hydrogen-bond donors (Lipinski definition) is 2. The van der Waals surface area contributed by atoms with Crippen LogP contribution in [0.4, 0.5) is 0 Å². The van der Waals surface area contributed by atoms with Gasteiger partial charge in [0.1, 0.15) is 11.5 Å². The zero-order valence-electron chi connectivity index (χ0n) is 16.7. The van der Waals surface area contributed by atoms with Crippen molar-refractivity contribution in [3.05, 3.63) is 72.1 Å². The van der Waals surface area contributed by atoms with Crippen LogP contribution in [0.25, 0.3) is 11.1 Å². The minimum absolute atomic E-state index is 0.0808. The lowest BCUT2D eigenvalue weighted by Crippen LogP contribution is -2.26. The molecule has 2 N–H and O–H groups in total. The highest BCUT2D eigenvalue weighted by Crippen LogP contribution is 2.23. The first-order valence-electron chi connectivity index (χ1n) is 9.59. The van der Waals surface area contributed by atoms with Crippen molar-refractivity contribution in [1.29, 1.82) is 0 Å². The number of amides is 2. The number of nitrogens with zero attached hydrogens (tertiary/aromatic N) is 3. The molecule has 0 saturated heterocycles. The molecule has 150 valence electrons. The molecular formula is C22H25N5O2. The van der Waals surface area contributed by atoms with E-state index in [-0.39, 0.29) is 11.8 Å². The number of carbonyl (C=O) groups is 2. The van der Waals surface area contributed by atoms with E-state index in [0.29, 0.717) is 18.8 Å². The maximum Gasteiger partial charge on any atom is 0.270 e. The molecule has 2 amide bonds. The molecule has 0 fully saturated rings. The summed E-state index contributed by atoms with van der Waals surface area (Å²) in [5.74, 6) is 0.681. The summed E-state index contributed by atoms with van der Waals surface area (Å²) in [6.45, 7) is 5.24. The Morgan fingerprint density at radius 2 is 1.93 bits per heavy atom. The van der Waals surface area contributed by atoms with E-state index in [4.69, 9.17) is 0 Å². The summed E-state index contributed by atoms with van der Waals surface area (Å²) in [6.07, 6.45) is 6.13. The van der Waals surface area contributed by atoms with Gasteiger partial charge < -0.3 is 15.2 Å². The molecule has 2 aromatic heterocycles. The Hall–Kier alpha value is -3.48. The summed E-state index contributed by atoms with van der Waals surface area (Å²) in [7, 11) is 0. The lowest BCUT2D eigenvalue weighted by Gasteiger charge is -2.11. The molecule has 3 aromatic rings. The summed E-state index contributed by atoms with van der Waals surface area (Å²) in [6, 6.07) is 11.4. The van der Waals surface area contributed by atoms with Gasteiger partial charge in [0, 0.05) is 50.7 Å². The monoisotopic (exact) mass is 391 g/mol. The SMILES string of the molecule is CC(=O)NCc1cccc(-c2cccnc2C(=O)NCCCn2ccnc2C)c1. The maximum atomic E-state index is 12.7. The van der Waals surface area contributed by atoms with Crippen LogP contribution in [0.2, 0.25) is 0 Å². The molecule has 1 aromatic carbocycles. The van der Waals surface area contributed by atoms with Crippen molar-refractivity contribution in [2.75, 3.05) is 6.54 Å². The van der Waals surface area contributed by atoms with Gasteiger partial charge in [-0.1, -0.05) is 24.3 Å². The Morgan fingerprint density at radius 1 is 1.07 bits per heavy atom. The van der Waals surface area contributed by atoms with Crippen LogP contribution < -0.4 is 10.6 Å². The molecule has 7 nitrogen and oxygen atoms in total. The van der Waals surface area contributed by atoms with Gasteiger partial charge >= 0.3 is 0 Å². The van der Waals surface area contributed by atoms with Gasteiger partial charge in [-0.2, -0.15) is 0 Å². The Balaban J connectivity index is 1.66. The molecule has 0 unspecified atom stereocenters. The van der Waals surface area contributed by atoms with Crippen LogP contribution in [0.15, 0.2) is 55.0 Å². The van der Waals surface area contributed by atoms with Crippen LogP contribution in [0.1, 0.15) is 35.2 Å². The van der Waals surface area contributed by atoms with Crippen molar-refractivity contribution in [3.8, 4) is 11.1 Å². The van der Waals surface area contributed by atoms with E-state index in [2.05, 4.69) is 25.2 Å². The molecule has 0 radical (unpaired) electrons. The van der Waals surface area contributed by atoms with Crippen LogP contribution in [-0.4, -0.2) is 32.9 Å². The number of nitrogens with one attached hydrogen (secondary N) is 2. The predicted octanol–water partition coefficient (Wildman–Crippen LogP) is 2.71. The Morgan fingerprint density at radius 3 is 2.69 bits per heavy atom. The van der Waals surface area contributed by atoms with Gasteiger partial charge in [0.2, 0.25) is 5.91 Å². The van der Waals surface area contributed by atoms with Gasteiger partial charge in [0.05, 0.1) is 0 Å². The molecule has 3 rings (SSSR count). The third kappa shape index (κ3) is 5.51. The quantitative estimate of drug-likeness (QED) is 0.578. The minimum atomic E-state index is -0.199. The lowest BCUT2D eigenvalue weighted by atomic mass is 10.0. The fourth-order valence-corrected chi connectivity index (χ4v) is 3.07. The Bertz CT molecular complexity index is 996. The van der Waals surface area contributed by atoms with Gasteiger partial charge in [-0.3, -0.25) is 14.6 Å². The van der Waals surface area contributed by atoms with Gasteiger partial charge in [0.25, 0.3) is 5.91 Å². The minimum Gasteiger partial charge on any atom is -0.352 e. The van der Waals surface area contributed by atoms with E-state index < -0.39 is 0 Å². The molecular weight excluding hydrogens is 366 g/mol. The van der Waals surface area contributed by atoms with E-state index in [0.717, 1.165) is 35.5 Å². The molecule has 0 aliphatic rings. The smallest absolute Gasteiger partial charge is 0.270 e. The fraction of sp³-hybridized carbons (Fsp3) is 0.273. The standard InChI is InChI=1S/C22H25N5O2/c1-16-23-11-13-27(16)12-5-10-25-22(29)21-20(8-4-9-24-21)19-7-3-6-18(14-19)15-26-17(2)28/h3-4,6-9,11,13-14H,5,10,12,15H2,1-2H3,(H,25,29)(H,26,28). The van der Waals surface area contributed by atoms with E-state index in [1.807, 2.05) is 49.5 Å². The number of benzene rings is 1. The summed E-state index contributed by atoms with van der Waals surface area (Å²) in [5, 5.41) is 5.74. The van der Waals surface area contributed by atoms with Crippen LogP contribution in [0, 0.1) is 6.92 Å². The van der Waals surface area contributed by atoms with Gasteiger partial charge in [-0.15, -0.1) is 0 Å². The van der Waals surface area contributed by atoms with Crippen LogP contribution in [0.3, 0.4) is 0 Å². The molecule has 29 heavy (non-hydrogen) atoms. The summed E-state index contributed by atoms with van der Waals surface area (Å²) < 4.78 is 2.05. The van der Waals surface area contributed by atoms with Crippen molar-refractivity contribution < 1.29 is 9.59 Å². The van der Waals surface area contributed by atoms with E-state index in [1.165, 1.54) is 6.92 Å². The zero-order valence-corrected chi connectivity index (χ0v) is 16.7. The Kier molecular flexibility index (Phi) is 6.73. The van der Waals surface area contributed by atoms with Crippen molar-refractivity contribution in [3.63, 3.8) is 0 Å². The topological polar surface area (TPSA) is 88.9 Å². The number of rotatable bonds is 8. The molecule has 0 bridgehead atoms. The summed E-state index contributed by atoms with van der Waals surface area (Å²) >= 11 is 0. The highest BCUT2D eigenvalue weighted by Gasteiger charge is 2.14. The third-order valence-electron chi connectivity index (χ3n) is 4.59. The first-order valence-corrected chi connectivity index (χ1v) is 9.59. The molecule has 0 aliphatic carbocycles. The predicted molar refractivity (Wildman–Crippen MR) is 111 cm³/mol. The molecule has 0 saturated carbocycles. The molecule has 0 atom stereocenters. The highest BCUT2D eigenvalue weighted by atomic mass is 16.2. The number of aromatic nitrogens is 3. The number of carbonyl (C=O) groups excluding carboxylic acids is 2. The first-order chi connectivity index (χ1) is 14.0. The normalized spacial score (nSPS) is 10.6. The van der Waals surface area contributed by atoms with Crippen molar-refractivity contribution in [1.82, 2.24) is 25.2 Å². The number of pyridine rings is 1. The number of hydrogen-bond acceptors (Lipinski definition) is 4. The van der Waals surface area contributed by atoms with Crippen LogP contribution in [0.5, 0.6) is 0 Å². The highest BCUT2D eigenvalue weighted by molar-refractivity contribution is 5.98. The maximum absolute atomic E-state index is 12.7. The van der Waals surface area contributed by atoms with Crippen molar-refractivity contribution in [2.45, 2.75) is 33.4 Å². The van der Waals surface area contributed by atoms with Crippen molar-refractivity contribution >= 4 is 11.8 Å². The van der Waals surface area contributed by atoms with E-state index in [9.17, 15) is 9.59 Å². The lowest BCUT2D eigenvalue weighted by molar-refractivity contribution is -0.119. The summed E-state index contributed by atoms with van der Waals surface area (Å²) in [4.78, 5) is 32.4. The molecule has 0 aliphatic heterocycles. The summed E-state index contributed by atoms with van der Waals surface area (Å²) in [5.41, 5.74) is 3.01. The fourth-order valence-electron chi connectivity index (χ4n) is 3.07. The van der Waals surface area contributed by atoms with Crippen LogP contribution >= 0.6 is 0 Å².